The molecule has 0 aliphatic heterocycles. The van der Waals surface area contributed by atoms with Crippen LogP contribution in [0.2, 0.25) is 0 Å². The predicted molar refractivity (Wildman–Crippen MR) is 69.1 cm³/mol. The lowest BCUT2D eigenvalue weighted by molar-refractivity contribution is 0.489. The number of pyridine rings is 1. The molecule has 0 spiro atoms. The topological polar surface area (TPSA) is 50.9 Å². The summed E-state index contributed by atoms with van der Waals surface area (Å²) in [5, 5.41) is 2.44. The van der Waals surface area contributed by atoms with Gasteiger partial charge >= 0.3 is 0 Å². The van der Waals surface area contributed by atoms with Gasteiger partial charge in [0.15, 0.2) is 0 Å². The molecular weight excluding hydrogens is 210 g/mol. The van der Waals surface area contributed by atoms with Crippen LogP contribution in [-0.2, 0) is 0 Å². The van der Waals surface area contributed by atoms with Crippen molar-refractivity contribution in [2.45, 2.75) is 25.3 Å². The van der Waals surface area contributed by atoms with E-state index < -0.39 is 0 Å². The molecule has 3 heteroatoms. The normalized spacial score (nSPS) is 17.2. The molecule has 1 unspecified atom stereocenters. The molecule has 1 aliphatic carbocycles. The molecule has 88 valence electrons. The summed E-state index contributed by atoms with van der Waals surface area (Å²) in [6.45, 7) is 0. The fraction of sp³-hybridized carbons (Fsp3) is 0.357. The molecule has 0 amide bonds. The van der Waals surface area contributed by atoms with Gasteiger partial charge in [-0.1, -0.05) is 37.1 Å². The zero-order valence-electron chi connectivity index (χ0n) is 9.76. The van der Waals surface area contributed by atoms with Crippen molar-refractivity contribution in [1.29, 1.82) is 0 Å². The van der Waals surface area contributed by atoms with Gasteiger partial charge in [-0.25, -0.2) is 0 Å². The molecule has 0 saturated heterocycles. The smallest absolute Gasteiger partial charge is 0.0484 e. The first-order valence-corrected chi connectivity index (χ1v) is 6.17. The Balaban J connectivity index is 2.01. The van der Waals surface area contributed by atoms with E-state index in [2.05, 4.69) is 28.6 Å². The van der Waals surface area contributed by atoms with Gasteiger partial charge in [-0.2, -0.15) is 0 Å². The molecule has 1 saturated carbocycles. The van der Waals surface area contributed by atoms with Crippen LogP contribution >= 0.6 is 0 Å². The maximum Gasteiger partial charge on any atom is 0.0484 e. The Morgan fingerprint density at radius 2 is 2.12 bits per heavy atom. The fourth-order valence-corrected chi connectivity index (χ4v) is 2.39. The quantitative estimate of drug-likeness (QED) is 0.623. The van der Waals surface area contributed by atoms with E-state index in [0.717, 1.165) is 12.3 Å². The molecular formula is C14H17N3. The van der Waals surface area contributed by atoms with Crippen LogP contribution in [0.4, 0.5) is 0 Å². The van der Waals surface area contributed by atoms with Crippen LogP contribution in [0.5, 0.6) is 0 Å². The summed E-state index contributed by atoms with van der Waals surface area (Å²) < 4.78 is 0. The van der Waals surface area contributed by atoms with Crippen molar-refractivity contribution < 1.29 is 0 Å². The number of hydrazine groups is 1. The Kier molecular flexibility index (Phi) is 2.79. The fourth-order valence-electron chi connectivity index (χ4n) is 2.39. The van der Waals surface area contributed by atoms with Crippen molar-refractivity contribution in [1.82, 2.24) is 10.4 Å². The molecule has 1 aliphatic rings. The molecule has 1 atom stereocenters. The molecule has 0 radical (unpaired) electrons. The van der Waals surface area contributed by atoms with Crippen molar-refractivity contribution in [3.05, 3.63) is 42.2 Å². The molecule has 1 fully saturated rings. The van der Waals surface area contributed by atoms with Crippen LogP contribution in [0.1, 0.15) is 30.9 Å². The van der Waals surface area contributed by atoms with E-state index in [1.165, 1.54) is 29.2 Å². The van der Waals surface area contributed by atoms with E-state index in [-0.39, 0.29) is 6.04 Å². The van der Waals surface area contributed by atoms with Crippen LogP contribution < -0.4 is 11.3 Å². The molecule has 1 heterocycles. The lowest BCUT2D eigenvalue weighted by Crippen LogP contribution is -2.28. The third kappa shape index (κ3) is 2.16. The van der Waals surface area contributed by atoms with E-state index in [9.17, 15) is 0 Å². The van der Waals surface area contributed by atoms with Crippen LogP contribution in [0.3, 0.4) is 0 Å². The van der Waals surface area contributed by atoms with Crippen LogP contribution in [-0.4, -0.2) is 4.98 Å². The highest BCUT2D eigenvalue weighted by molar-refractivity contribution is 5.85. The average molecular weight is 227 g/mol. The minimum Gasteiger partial charge on any atom is -0.271 e. The molecule has 0 bridgehead atoms. The predicted octanol–water partition coefficient (Wildman–Crippen LogP) is 2.54. The zero-order valence-corrected chi connectivity index (χ0v) is 9.76. The highest BCUT2D eigenvalue weighted by atomic mass is 15.2. The highest BCUT2D eigenvalue weighted by Gasteiger charge is 2.26. The standard InChI is InChI=1S/C14H17N3/c15-17-14(7-10-5-6-10)13-9-16-8-11-3-1-2-4-12(11)13/h1-4,8-10,14,17H,5-7,15H2. The minimum absolute atomic E-state index is 0.223. The van der Waals surface area contributed by atoms with Gasteiger partial charge in [0.2, 0.25) is 0 Å². The number of nitrogens with zero attached hydrogens (tertiary/aromatic N) is 1. The Morgan fingerprint density at radius 3 is 2.88 bits per heavy atom. The Morgan fingerprint density at radius 1 is 1.29 bits per heavy atom. The van der Waals surface area contributed by atoms with E-state index in [1.54, 1.807) is 0 Å². The number of nitrogens with one attached hydrogen (secondary N) is 1. The second kappa shape index (κ2) is 4.43. The molecule has 3 N–H and O–H groups in total. The lowest BCUT2D eigenvalue weighted by Gasteiger charge is -2.17. The Bertz CT molecular complexity index is 514. The van der Waals surface area contributed by atoms with Gasteiger partial charge in [0.25, 0.3) is 0 Å². The molecule has 17 heavy (non-hydrogen) atoms. The molecule has 3 nitrogen and oxygen atoms in total. The second-order valence-corrected chi connectivity index (χ2v) is 4.85. The van der Waals surface area contributed by atoms with Gasteiger partial charge in [0, 0.05) is 23.8 Å². The zero-order chi connectivity index (χ0) is 11.7. The van der Waals surface area contributed by atoms with Gasteiger partial charge in [0.1, 0.15) is 0 Å². The van der Waals surface area contributed by atoms with Crippen LogP contribution in [0.25, 0.3) is 10.8 Å². The molecule has 1 aromatic carbocycles. The summed E-state index contributed by atoms with van der Waals surface area (Å²) >= 11 is 0. The van der Waals surface area contributed by atoms with Gasteiger partial charge in [-0.3, -0.25) is 16.3 Å². The largest absolute Gasteiger partial charge is 0.271 e. The maximum absolute atomic E-state index is 5.69. The maximum atomic E-state index is 5.69. The SMILES string of the molecule is NNC(CC1CC1)c1cncc2ccccc12. The number of benzene rings is 1. The van der Waals surface area contributed by atoms with Gasteiger partial charge < -0.3 is 0 Å². The van der Waals surface area contributed by atoms with E-state index >= 15 is 0 Å². The van der Waals surface area contributed by atoms with E-state index in [1.807, 2.05) is 18.5 Å². The first-order valence-electron chi connectivity index (χ1n) is 6.17. The minimum atomic E-state index is 0.223. The molecule has 1 aromatic heterocycles. The Hall–Kier alpha value is -1.45. The second-order valence-electron chi connectivity index (χ2n) is 4.85. The summed E-state index contributed by atoms with van der Waals surface area (Å²) in [7, 11) is 0. The van der Waals surface area contributed by atoms with Gasteiger partial charge in [-0.05, 0) is 23.3 Å². The van der Waals surface area contributed by atoms with Crippen molar-refractivity contribution in [2.24, 2.45) is 11.8 Å². The van der Waals surface area contributed by atoms with Crippen molar-refractivity contribution in [3.8, 4) is 0 Å². The number of aromatic nitrogens is 1. The van der Waals surface area contributed by atoms with E-state index in [0.29, 0.717) is 0 Å². The van der Waals surface area contributed by atoms with E-state index in [4.69, 9.17) is 5.84 Å². The number of nitrogens with two attached hydrogens (primary N) is 1. The highest BCUT2D eigenvalue weighted by Crippen LogP contribution is 2.38. The van der Waals surface area contributed by atoms with Crippen LogP contribution in [0.15, 0.2) is 36.7 Å². The van der Waals surface area contributed by atoms with Crippen molar-refractivity contribution in [2.75, 3.05) is 0 Å². The Labute approximate surface area is 101 Å². The lowest BCUT2D eigenvalue weighted by atomic mass is 9.98. The number of hydrogen-bond acceptors (Lipinski definition) is 3. The first kappa shape index (κ1) is 10.7. The number of hydrogen-bond donors (Lipinski definition) is 2. The number of rotatable bonds is 4. The third-order valence-electron chi connectivity index (χ3n) is 3.54. The first-order chi connectivity index (χ1) is 8.38. The van der Waals surface area contributed by atoms with Gasteiger partial charge in [0.05, 0.1) is 0 Å². The summed E-state index contributed by atoms with van der Waals surface area (Å²) in [6.07, 6.45) is 7.65. The summed E-state index contributed by atoms with van der Waals surface area (Å²) in [5.74, 6) is 6.54. The monoisotopic (exact) mass is 227 g/mol. The third-order valence-corrected chi connectivity index (χ3v) is 3.54. The summed E-state index contributed by atoms with van der Waals surface area (Å²) in [5.41, 5.74) is 4.16. The molecule has 2 aromatic rings. The van der Waals surface area contributed by atoms with Crippen molar-refractivity contribution >= 4 is 10.8 Å². The van der Waals surface area contributed by atoms with Crippen LogP contribution in [0, 0.1) is 5.92 Å². The summed E-state index contributed by atoms with van der Waals surface area (Å²) in [6, 6.07) is 8.57. The molecule has 3 rings (SSSR count). The number of fused-ring (bicyclic) bond motifs is 1. The average Bonchev–Trinajstić information content (AvgIpc) is 3.19. The van der Waals surface area contributed by atoms with Crippen molar-refractivity contribution in [3.63, 3.8) is 0 Å². The van der Waals surface area contributed by atoms with Gasteiger partial charge in [-0.15, -0.1) is 0 Å². The summed E-state index contributed by atoms with van der Waals surface area (Å²) in [4.78, 5) is 4.31.